The quantitative estimate of drug-likeness (QED) is 0.612. The van der Waals surface area contributed by atoms with Crippen LogP contribution in [0, 0.1) is 0 Å². The van der Waals surface area contributed by atoms with Crippen LogP contribution in [0.15, 0.2) is 52.7 Å². The third kappa shape index (κ3) is 4.59. The second-order valence-electron chi connectivity index (χ2n) is 6.16. The lowest BCUT2D eigenvalue weighted by Gasteiger charge is -2.12. The molecule has 0 aliphatic carbocycles. The molecule has 29 heavy (non-hydrogen) atoms. The van der Waals surface area contributed by atoms with Crippen LogP contribution in [0.5, 0.6) is 5.75 Å². The Kier molecular flexibility index (Phi) is 6.23. The number of nitrogens with one attached hydrogen (secondary N) is 1. The first-order valence-electron chi connectivity index (χ1n) is 8.36. The lowest BCUT2D eigenvalue weighted by atomic mass is 10.2. The Morgan fingerprint density at radius 3 is 2.62 bits per heavy atom. The highest BCUT2D eigenvalue weighted by Gasteiger charge is 2.19. The number of hydrogen-bond donors (Lipinski definition) is 1. The average molecular weight is 452 g/mol. The molecule has 1 aromatic heterocycles. The zero-order valence-corrected chi connectivity index (χ0v) is 18.2. The molecule has 1 amide bonds. The zero-order chi connectivity index (χ0) is 21.2. The Morgan fingerprint density at radius 2 is 1.97 bits per heavy atom. The minimum absolute atomic E-state index is 0.0443. The lowest BCUT2D eigenvalue weighted by molar-refractivity contribution is 0.102. The molecule has 1 heterocycles. The van der Waals surface area contributed by atoms with Crippen molar-refractivity contribution in [1.29, 1.82) is 0 Å². The number of ether oxygens (including phenoxy) is 1. The van der Waals surface area contributed by atoms with E-state index in [1.54, 1.807) is 23.6 Å². The van der Waals surface area contributed by atoms with E-state index < -0.39 is 15.9 Å². The molecule has 10 heteroatoms. The predicted octanol–water partition coefficient (Wildman–Crippen LogP) is 3.97. The number of amides is 1. The van der Waals surface area contributed by atoms with Crippen molar-refractivity contribution in [3.63, 3.8) is 0 Å². The normalized spacial score (nSPS) is 11.5. The molecule has 0 saturated heterocycles. The summed E-state index contributed by atoms with van der Waals surface area (Å²) in [6.45, 7) is 0. The molecule has 0 aliphatic rings. The second kappa shape index (κ2) is 8.50. The summed E-state index contributed by atoms with van der Waals surface area (Å²) in [7, 11) is 0.778. The molecule has 0 atom stereocenters. The Hall–Kier alpha value is -2.46. The van der Waals surface area contributed by atoms with Gasteiger partial charge in [-0.3, -0.25) is 10.1 Å². The van der Waals surface area contributed by atoms with Crippen molar-refractivity contribution in [3.8, 4) is 17.0 Å². The molecule has 0 saturated carbocycles. The maximum absolute atomic E-state index is 12.6. The maximum Gasteiger partial charge on any atom is 0.257 e. The highest BCUT2D eigenvalue weighted by molar-refractivity contribution is 7.89. The summed E-state index contributed by atoms with van der Waals surface area (Å²) in [5.41, 5.74) is 1.66. The van der Waals surface area contributed by atoms with Gasteiger partial charge >= 0.3 is 0 Å². The van der Waals surface area contributed by atoms with Crippen LogP contribution in [0.25, 0.3) is 11.3 Å². The first kappa shape index (κ1) is 21.3. The number of hydrogen-bond acceptors (Lipinski definition) is 6. The highest BCUT2D eigenvalue weighted by atomic mass is 35.5. The highest BCUT2D eigenvalue weighted by Crippen LogP contribution is 2.31. The van der Waals surface area contributed by atoms with E-state index in [1.807, 2.05) is 6.07 Å². The number of carbonyl (C=O) groups excluding carboxylic acids is 1. The van der Waals surface area contributed by atoms with Gasteiger partial charge in [-0.05, 0) is 36.4 Å². The Balaban J connectivity index is 1.80. The van der Waals surface area contributed by atoms with Crippen LogP contribution in [0.2, 0.25) is 5.02 Å². The van der Waals surface area contributed by atoms with Crippen LogP contribution in [-0.4, -0.2) is 44.8 Å². The molecule has 3 aromatic rings. The minimum atomic E-state index is -3.63. The SMILES string of the molecule is COc1ccc(-c2csc(NC(=O)c3cccc(S(=O)(=O)N(C)C)c3)n2)cc1Cl. The van der Waals surface area contributed by atoms with Gasteiger partial charge in [0.05, 0.1) is 22.7 Å². The van der Waals surface area contributed by atoms with Crippen LogP contribution < -0.4 is 10.1 Å². The third-order valence-electron chi connectivity index (χ3n) is 4.05. The molecule has 0 unspecified atom stereocenters. The van der Waals surface area contributed by atoms with Crippen molar-refractivity contribution in [2.75, 3.05) is 26.5 Å². The molecule has 152 valence electrons. The molecule has 7 nitrogen and oxygen atoms in total. The molecular weight excluding hydrogens is 434 g/mol. The number of methoxy groups -OCH3 is 1. The summed E-state index contributed by atoms with van der Waals surface area (Å²) in [5.74, 6) is 0.112. The van der Waals surface area contributed by atoms with Crippen LogP contribution in [0.3, 0.4) is 0 Å². The van der Waals surface area contributed by atoms with Crippen LogP contribution >= 0.6 is 22.9 Å². The van der Waals surface area contributed by atoms with Gasteiger partial charge in [0.1, 0.15) is 5.75 Å². The number of sulfonamides is 1. The summed E-state index contributed by atoms with van der Waals surface area (Å²) in [5, 5.41) is 5.34. The van der Waals surface area contributed by atoms with E-state index in [9.17, 15) is 13.2 Å². The molecule has 3 rings (SSSR count). The fraction of sp³-hybridized carbons (Fsp3) is 0.158. The minimum Gasteiger partial charge on any atom is -0.495 e. The van der Waals surface area contributed by atoms with E-state index in [-0.39, 0.29) is 10.5 Å². The van der Waals surface area contributed by atoms with Gasteiger partial charge in [0.15, 0.2) is 5.13 Å². The monoisotopic (exact) mass is 451 g/mol. The first-order valence-corrected chi connectivity index (χ1v) is 11.1. The fourth-order valence-electron chi connectivity index (χ4n) is 2.47. The number of halogens is 1. The van der Waals surface area contributed by atoms with E-state index in [2.05, 4.69) is 10.3 Å². The molecule has 0 spiro atoms. The molecule has 0 aliphatic heterocycles. The summed E-state index contributed by atoms with van der Waals surface area (Å²) in [4.78, 5) is 17.0. The van der Waals surface area contributed by atoms with Gasteiger partial charge in [0.2, 0.25) is 10.0 Å². The summed E-state index contributed by atoms with van der Waals surface area (Å²) in [6.07, 6.45) is 0. The van der Waals surface area contributed by atoms with E-state index in [0.717, 1.165) is 9.87 Å². The topological polar surface area (TPSA) is 88.6 Å². The number of carbonyl (C=O) groups is 1. The molecule has 2 aromatic carbocycles. The lowest BCUT2D eigenvalue weighted by Crippen LogP contribution is -2.22. The Labute approximate surface area is 178 Å². The van der Waals surface area contributed by atoms with Gasteiger partial charge < -0.3 is 4.74 Å². The number of anilines is 1. The second-order valence-corrected chi connectivity index (χ2v) is 9.57. The van der Waals surface area contributed by atoms with Crippen molar-refractivity contribution < 1.29 is 17.9 Å². The van der Waals surface area contributed by atoms with Crippen molar-refractivity contribution in [1.82, 2.24) is 9.29 Å². The Morgan fingerprint density at radius 1 is 1.21 bits per heavy atom. The predicted molar refractivity (Wildman–Crippen MR) is 114 cm³/mol. The molecular formula is C19H18ClN3O4S2. The smallest absolute Gasteiger partial charge is 0.257 e. The van der Waals surface area contributed by atoms with E-state index in [0.29, 0.717) is 21.6 Å². The average Bonchev–Trinajstić information content (AvgIpc) is 3.16. The van der Waals surface area contributed by atoms with Crippen molar-refractivity contribution >= 4 is 44.0 Å². The van der Waals surface area contributed by atoms with Crippen LogP contribution in [0.1, 0.15) is 10.4 Å². The molecule has 0 fully saturated rings. The summed E-state index contributed by atoms with van der Waals surface area (Å²) in [6, 6.07) is 11.1. The van der Waals surface area contributed by atoms with E-state index in [4.69, 9.17) is 16.3 Å². The molecule has 0 radical (unpaired) electrons. The third-order valence-corrected chi connectivity index (χ3v) is 6.91. The standard InChI is InChI=1S/C19H18ClN3O4S2/c1-23(2)29(25,26)14-6-4-5-13(9-14)18(24)22-19-21-16(11-28-19)12-7-8-17(27-3)15(20)10-12/h4-11H,1-3H3,(H,21,22,24). The zero-order valence-electron chi connectivity index (χ0n) is 15.8. The van der Waals surface area contributed by atoms with Gasteiger partial charge in [0, 0.05) is 30.6 Å². The Bertz CT molecular complexity index is 1160. The first-order chi connectivity index (χ1) is 13.7. The molecule has 1 N–H and O–H groups in total. The number of benzene rings is 2. The maximum atomic E-state index is 12.6. The number of rotatable bonds is 6. The largest absolute Gasteiger partial charge is 0.495 e. The van der Waals surface area contributed by atoms with Crippen molar-refractivity contribution in [2.45, 2.75) is 4.90 Å². The van der Waals surface area contributed by atoms with E-state index in [1.165, 1.54) is 50.7 Å². The number of aromatic nitrogens is 1. The van der Waals surface area contributed by atoms with Crippen molar-refractivity contribution in [2.24, 2.45) is 0 Å². The van der Waals surface area contributed by atoms with Gasteiger partial charge in [-0.15, -0.1) is 11.3 Å². The van der Waals surface area contributed by atoms with Crippen LogP contribution in [0.4, 0.5) is 5.13 Å². The van der Waals surface area contributed by atoms with Gasteiger partial charge in [-0.1, -0.05) is 17.7 Å². The molecule has 0 bridgehead atoms. The van der Waals surface area contributed by atoms with Crippen LogP contribution in [-0.2, 0) is 10.0 Å². The van der Waals surface area contributed by atoms with Gasteiger partial charge in [0.25, 0.3) is 5.91 Å². The summed E-state index contributed by atoms with van der Waals surface area (Å²) < 4.78 is 30.8. The summed E-state index contributed by atoms with van der Waals surface area (Å²) >= 11 is 7.41. The van der Waals surface area contributed by atoms with Gasteiger partial charge in [-0.2, -0.15) is 0 Å². The number of nitrogens with zero attached hydrogens (tertiary/aromatic N) is 2. The number of thiazole rings is 1. The fourth-order valence-corrected chi connectivity index (χ4v) is 4.39. The van der Waals surface area contributed by atoms with Gasteiger partial charge in [-0.25, -0.2) is 17.7 Å². The van der Waals surface area contributed by atoms with E-state index >= 15 is 0 Å². The van der Waals surface area contributed by atoms with Crippen molar-refractivity contribution in [3.05, 3.63) is 58.4 Å².